The predicted octanol–water partition coefficient (Wildman–Crippen LogP) is 3.14. The number of carbonyl (C=O) groups is 1. The smallest absolute Gasteiger partial charge is 0.407 e. The van der Waals surface area contributed by atoms with Crippen LogP contribution < -0.4 is 10.6 Å². The van der Waals surface area contributed by atoms with Crippen molar-refractivity contribution in [1.82, 2.24) is 19.9 Å². The minimum absolute atomic E-state index is 0.127. The van der Waals surface area contributed by atoms with Gasteiger partial charge in [-0.05, 0) is 27.7 Å². The monoisotopic (exact) mass is 339 g/mol. The van der Waals surface area contributed by atoms with Crippen molar-refractivity contribution >= 4 is 17.6 Å². The lowest BCUT2D eigenvalue weighted by molar-refractivity contribution is 0.0530. The van der Waals surface area contributed by atoms with Crippen LogP contribution in [-0.2, 0) is 4.74 Å². The first-order valence-corrected chi connectivity index (χ1v) is 7.97. The van der Waals surface area contributed by atoms with Gasteiger partial charge in [0.15, 0.2) is 17.3 Å². The lowest BCUT2D eigenvalue weighted by atomic mass is 10.2. The topological polar surface area (TPSA) is 80.5 Å². The van der Waals surface area contributed by atoms with Crippen molar-refractivity contribution in [1.29, 1.82) is 0 Å². The summed E-state index contributed by atoms with van der Waals surface area (Å²) in [6.07, 6.45) is 2.37. The lowest BCUT2D eigenvalue weighted by Crippen LogP contribution is -2.35. The van der Waals surface area contributed by atoms with Crippen LogP contribution in [0.25, 0.3) is 5.65 Å². The zero-order valence-electron chi connectivity index (χ0n) is 15.1. The zero-order valence-corrected chi connectivity index (χ0v) is 15.1. The molecule has 2 aromatic heterocycles. The number of aromatic nitrogens is 3. The molecule has 0 aromatic carbocycles. The van der Waals surface area contributed by atoms with Gasteiger partial charge in [-0.15, -0.1) is 0 Å². The highest BCUT2D eigenvalue weighted by Gasteiger charge is 2.15. The molecule has 0 saturated heterocycles. The molecule has 0 saturated carbocycles. The molecule has 134 valence electrons. The maximum absolute atomic E-state index is 13.8. The van der Waals surface area contributed by atoms with Gasteiger partial charge in [0.05, 0.1) is 12.4 Å². The van der Waals surface area contributed by atoms with E-state index in [4.69, 9.17) is 4.74 Å². The van der Waals surface area contributed by atoms with E-state index in [0.29, 0.717) is 18.7 Å². The molecule has 8 heteroatoms. The third-order valence-corrected chi connectivity index (χ3v) is 2.71. The molecule has 1 amide bonds. The molecule has 0 fully saturated rings. The Bertz CT molecular complexity index is 679. The van der Waals surface area contributed by atoms with Crippen LogP contribution in [0.4, 0.5) is 15.0 Å². The fraction of sp³-hybridized carbons (Fsp3) is 0.562. The number of nitrogens with one attached hydrogen (secondary N) is 2. The number of nitrogens with zero attached hydrogens (tertiary/aromatic N) is 3. The predicted molar refractivity (Wildman–Crippen MR) is 91.8 cm³/mol. The van der Waals surface area contributed by atoms with E-state index in [-0.39, 0.29) is 5.82 Å². The van der Waals surface area contributed by atoms with Crippen molar-refractivity contribution in [2.24, 2.45) is 0 Å². The molecule has 7 nitrogen and oxygen atoms in total. The second kappa shape index (κ2) is 8.47. The first-order chi connectivity index (χ1) is 11.3. The average Bonchev–Trinajstić information content (AvgIpc) is 2.84. The van der Waals surface area contributed by atoms with Gasteiger partial charge in [0.1, 0.15) is 5.60 Å². The van der Waals surface area contributed by atoms with Gasteiger partial charge in [-0.3, -0.25) is 0 Å². The number of aryl methyl sites for hydroxylation is 1. The Kier molecular flexibility index (Phi) is 6.94. The molecule has 0 spiro atoms. The number of ether oxygens (including phenoxy) is 1. The molecule has 0 radical (unpaired) electrons. The largest absolute Gasteiger partial charge is 0.444 e. The van der Waals surface area contributed by atoms with Crippen LogP contribution in [0.2, 0.25) is 0 Å². The molecule has 2 N–H and O–H groups in total. The van der Waals surface area contributed by atoms with E-state index < -0.39 is 17.5 Å². The molecule has 24 heavy (non-hydrogen) atoms. The van der Waals surface area contributed by atoms with Crippen molar-refractivity contribution in [3.8, 4) is 0 Å². The second-order valence-electron chi connectivity index (χ2n) is 5.89. The average molecular weight is 339 g/mol. The van der Waals surface area contributed by atoms with Gasteiger partial charge in [0, 0.05) is 18.7 Å². The minimum atomic E-state index is -0.546. The Morgan fingerprint density at radius 2 is 2.00 bits per heavy atom. The van der Waals surface area contributed by atoms with Crippen molar-refractivity contribution in [2.45, 2.75) is 47.1 Å². The van der Waals surface area contributed by atoms with E-state index in [1.54, 1.807) is 27.0 Å². The molecule has 0 aliphatic heterocycles. The zero-order chi connectivity index (χ0) is 18.3. The highest BCUT2D eigenvalue weighted by Crippen LogP contribution is 2.14. The van der Waals surface area contributed by atoms with Crippen LogP contribution in [0.3, 0.4) is 0 Å². The van der Waals surface area contributed by atoms with Crippen LogP contribution in [0.15, 0.2) is 12.4 Å². The summed E-state index contributed by atoms with van der Waals surface area (Å²) in [6.45, 7) is 11.8. The highest BCUT2D eigenvalue weighted by atomic mass is 19.1. The number of halogens is 1. The molecule has 0 aliphatic rings. The third-order valence-electron chi connectivity index (χ3n) is 2.71. The first-order valence-electron chi connectivity index (χ1n) is 7.97. The number of hydrogen-bond acceptors (Lipinski definition) is 5. The van der Waals surface area contributed by atoms with Crippen LogP contribution >= 0.6 is 0 Å². The fourth-order valence-electron chi connectivity index (χ4n) is 1.79. The molecule has 2 heterocycles. The van der Waals surface area contributed by atoms with Crippen molar-refractivity contribution in [3.63, 3.8) is 0 Å². The normalized spacial score (nSPS) is 10.8. The van der Waals surface area contributed by atoms with Gasteiger partial charge >= 0.3 is 6.09 Å². The Morgan fingerprint density at radius 1 is 1.33 bits per heavy atom. The summed E-state index contributed by atoms with van der Waals surface area (Å²) in [7, 11) is 0. The molecule has 2 rings (SSSR count). The van der Waals surface area contributed by atoms with E-state index in [1.165, 1.54) is 10.7 Å². The maximum atomic E-state index is 13.8. The minimum Gasteiger partial charge on any atom is -0.444 e. The van der Waals surface area contributed by atoms with Crippen LogP contribution in [0, 0.1) is 12.7 Å². The Balaban J connectivity index is 0.00000139. The highest BCUT2D eigenvalue weighted by molar-refractivity contribution is 5.67. The van der Waals surface area contributed by atoms with Gasteiger partial charge in [0.2, 0.25) is 0 Å². The molecule has 0 unspecified atom stereocenters. The van der Waals surface area contributed by atoms with E-state index in [2.05, 4.69) is 20.7 Å². The van der Waals surface area contributed by atoms with Gasteiger partial charge in [0.25, 0.3) is 0 Å². The van der Waals surface area contributed by atoms with E-state index in [1.807, 2.05) is 20.8 Å². The first kappa shape index (κ1) is 19.7. The molecule has 0 bridgehead atoms. The number of rotatable bonds is 4. The fourth-order valence-corrected chi connectivity index (χ4v) is 1.79. The standard InChI is InChI=1S/C14H20FN5O2.C2H6/c1-9-7-18-20-8-10(15)11(19-12(9)20)16-5-6-17-13(21)22-14(2,3)4;1-2/h7-8H,5-6H2,1-4H3,(H,16,19)(H,17,21);1-2H3. The number of carbonyl (C=O) groups excluding carboxylic acids is 1. The number of fused-ring (bicyclic) bond motifs is 1. The van der Waals surface area contributed by atoms with E-state index in [9.17, 15) is 9.18 Å². The Labute approximate surface area is 141 Å². The maximum Gasteiger partial charge on any atom is 0.407 e. The summed E-state index contributed by atoms with van der Waals surface area (Å²) in [5.41, 5.74) is 0.898. The van der Waals surface area contributed by atoms with Gasteiger partial charge in [-0.25, -0.2) is 18.7 Å². The van der Waals surface area contributed by atoms with E-state index >= 15 is 0 Å². The second-order valence-corrected chi connectivity index (χ2v) is 5.89. The van der Waals surface area contributed by atoms with Crippen LogP contribution in [-0.4, -0.2) is 39.4 Å². The summed E-state index contributed by atoms with van der Waals surface area (Å²) in [5.74, 6) is -0.380. The quantitative estimate of drug-likeness (QED) is 0.837. The Hall–Kier alpha value is -2.38. The van der Waals surface area contributed by atoms with Crippen molar-refractivity contribution in [3.05, 3.63) is 23.8 Å². The van der Waals surface area contributed by atoms with Gasteiger partial charge in [-0.2, -0.15) is 5.10 Å². The van der Waals surface area contributed by atoms with Gasteiger partial charge in [-0.1, -0.05) is 13.8 Å². The number of alkyl carbamates (subject to hydrolysis) is 1. The molecule has 0 atom stereocenters. The number of anilines is 1. The third kappa shape index (κ3) is 5.68. The number of hydrogen-bond donors (Lipinski definition) is 2. The molecule has 0 aliphatic carbocycles. The van der Waals surface area contributed by atoms with Crippen molar-refractivity contribution in [2.75, 3.05) is 18.4 Å². The molecule has 2 aromatic rings. The van der Waals surface area contributed by atoms with Gasteiger partial charge < -0.3 is 15.4 Å². The van der Waals surface area contributed by atoms with E-state index in [0.717, 1.165) is 5.56 Å². The Morgan fingerprint density at radius 3 is 2.62 bits per heavy atom. The van der Waals surface area contributed by atoms with Crippen molar-refractivity contribution < 1.29 is 13.9 Å². The summed E-state index contributed by atoms with van der Waals surface area (Å²) in [5, 5.41) is 9.41. The summed E-state index contributed by atoms with van der Waals surface area (Å²) in [6, 6.07) is 0. The van der Waals surface area contributed by atoms with Crippen LogP contribution in [0.5, 0.6) is 0 Å². The lowest BCUT2D eigenvalue weighted by Gasteiger charge is -2.19. The summed E-state index contributed by atoms with van der Waals surface area (Å²) < 4.78 is 20.3. The SMILES string of the molecule is CC.Cc1cnn2cc(F)c(NCCNC(=O)OC(C)(C)C)nc12. The molecular formula is C16H26FN5O2. The summed E-state index contributed by atoms with van der Waals surface area (Å²) in [4.78, 5) is 15.6. The summed E-state index contributed by atoms with van der Waals surface area (Å²) >= 11 is 0. The van der Waals surface area contributed by atoms with Crippen LogP contribution in [0.1, 0.15) is 40.2 Å². The number of amides is 1. The molecular weight excluding hydrogens is 313 g/mol.